The van der Waals surface area contributed by atoms with Crippen LogP contribution < -0.4 is 5.32 Å². The lowest BCUT2D eigenvalue weighted by Gasteiger charge is -2.31. The summed E-state index contributed by atoms with van der Waals surface area (Å²) in [5.74, 6) is 0. The third-order valence-corrected chi connectivity index (χ3v) is 3.82. The van der Waals surface area contributed by atoms with E-state index in [1.807, 2.05) is 0 Å². The van der Waals surface area contributed by atoms with Crippen molar-refractivity contribution in [2.45, 2.75) is 31.1 Å². The number of likely N-dealkylation sites (tertiary alicyclic amines) is 1. The van der Waals surface area contributed by atoms with E-state index in [0.717, 1.165) is 45.4 Å². The Balaban J connectivity index is 1.59. The Bertz CT molecular complexity index is 205. The second-order valence-electron chi connectivity index (χ2n) is 4.75. The van der Waals surface area contributed by atoms with E-state index in [0.29, 0.717) is 12.2 Å². The fourth-order valence-electron chi connectivity index (χ4n) is 2.96. The average molecular weight is 212 g/mol. The van der Waals surface area contributed by atoms with Crippen LogP contribution >= 0.6 is 0 Å². The number of nitrogens with zero attached hydrogens (tertiary/aromatic N) is 1. The van der Waals surface area contributed by atoms with Gasteiger partial charge in [-0.3, -0.25) is 4.90 Å². The maximum atomic E-state index is 5.74. The normalized spacial score (nSPS) is 39.2. The molecule has 0 radical (unpaired) electrons. The van der Waals surface area contributed by atoms with E-state index < -0.39 is 0 Å². The molecule has 0 spiro atoms. The molecular weight excluding hydrogens is 192 g/mol. The van der Waals surface area contributed by atoms with Gasteiger partial charge in [-0.2, -0.15) is 0 Å². The van der Waals surface area contributed by atoms with Gasteiger partial charge in [-0.25, -0.2) is 0 Å². The molecule has 15 heavy (non-hydrogen) atoms. The molecule has 0 aromatic carbocycles. The van der Waals surface area contributed by atoms with Crippen molar-refractivity contribution in [3.8, 4) is 0 Å². The SMILES string of the molecule is C1CC(N2CC3OCCOC3C2)CCN1. The maximum absolute atomic E-state index is 5.74. The van der Waals surface area contributed by atoms with Gasteiger partial charge in [0.2, 0.25) is 0 Å². The lowest BCUT2D eigenvalue weighted by atomic mass is 10.1. The molecule has 0 saturated carbocycles. The summed E-state index contributed by atoms with van der Waals surface area (Å²) in [6.45, 7) is 6.05. The van der Waals surface area contributed by atoms with Gasteiger partial charge in [0.05, 0.1) is 25.4 Å². The molecule has 3 heterocycles. The maximum Gasteiger partial charge on any atom is 0.0977 e. The summed E-state index contributed by atoms with van der Waals surface area (Å²) in [5, 5.41) is 3.41. The lowest BCUT2D eigenvalue weighted by Crippen LogP contribution is -2.42. The molecule has 4 nitrogen and oxygen atoms in total. The topological polar surface area (TPSA) is 33.7 Å². The first kappa shape index (κ1) is 10.0. The molecule has 4 heteroatoms. The number of nitrogens with one attached hydrogen (secondary N) is 1. The predicted molar refractivity (Wildman–Crippen MR) is 56.9 cm³/mol. The van der Waals surface area contributed by atoms with Crippen molar-refractivity contribution in [3.63, 3.8) is 0 Å². The monoisotopic (exact) mass is 212 g/mol. The Morgan fingerprint density at radius 3 is 2.13 bits per heavy atom. The average Bonchev–Trinajstić information content (AvgIpc) is 2.74. The molecule has 3 aliphatic rings. The Hall–Kier alpha value is -0.160. The summed E-state index contributed by atoms with van der Waals surface area (Å²) < 4.78 is 11.5. The van der Waals surface area contributed by atoms with Crippen molar-refractivity contribution in [2.24, 2.45) is 0 Å². The Morgan fingerprint density at radius 1 is 0.933 bits per heavy atom. The highest BCUT2D eigenvalue weighted by Gasteiger charge is 2.39. The molecular formula is C11H20N2O2. The van der Waals surface area contributed by atoms with Gasteiger partial charge in [0.25, 0.3) is 0 Å². The Labute approximate surface area is 90.9 Å². The van der Waals surface area contributed by atoms with Gasteiger partial charge in [-0.15, -0.1) is 0 Å². The molecule has 0 aliphatic carbocycles. The molecule has 0 bridgehead atoms. The molecule has 0 amide bonds. The third-order valence-electron chi connectivity index (χ3n) is 3.82. The van der Waals surface area contributed by atoms with Gasteiger partial charge < -0.3 is 14.8 Å². The quantitative estimate of drug-likeness (QED) is 0.655. The van der Waals surface area contributed by atoms with E-state index in [4.69, 9.17) is 9.47 Å². The smallest absolute Gasteiger partial charge is 0.0977 e. The molecule has 2 unspecified atom stereocenters. The van der Waals surface area contributed by atoms with Gasteiger partial charge in [-0.1, -0.05) is 0 Å². The van der Waals surface area contributed by atoms with Gasteiger partial charge >= 0.3 is 0 Å². The number of piperidine rings is 1. The standard InChI is InChI=1S/C11H20N2O2/c1-3-12-4-2-9(1)13-7-10-11(8-13)15-6-5-14-10/h9-12H,1-8H2. The largest absolute Gasteiger partial charge is 0.372 e. The second-order valence-corrected chi connectivity index (χ2v) is 4.75. The van der Waals surface area contributed by atoms with Crippen LogP contribution in [0.4, 0.5) is 0 Å². The highest BCUT2D eigenvalue weighted by atomic mass is 16.6. The fraction of sp³-hybridized carbons (Fsp3) is 1.00. The highest BCUT2D eigenvalue weighted by Crippen LogP contribution is 2.24. The first-order chi connectivity index (χ1) is 7.43. The molecule has 3 fully saturated rings. The zero-order valence-electron chi connectivity index (χ0n) is 9.15. The minimum atomic E-state index is 0.341. The van der Waals surface area contributed by atoms with Crippen LogP contribution in [-0.4, -0.2) is 62.5 Å². The van der Waals surface area contributed by atoms with Crippen molar-refractivity contribution >= 4 is 0 Å². The Morgan fingerprint density at radius 2 is 1.53 bits per heavy atom. The van der Waals surface area contributed by atoms with E-state index in [-0.39, 0.29) is 0 Å². The molecule has 86 valence electrons. The van der Waals surface area contributed by atoms with Crippen LogP contribution in [-0.2, 0) is 9.47 Å². The zero-order valence-corrected chi connectivity index (χ0v) is 9.15. The van der Waals surface area contributed by atoms with Crippen molar-refractivity contribution in [1.29, 1.82) is 0 Å². The first-order valence-electron chi connectivity index (χ1n) is 6.11. The van der Waals surface area contributed by atoms with Gasteiger partial charge in [0.1, 0.15) is 0 Å². The number of ether oxygens (including phenoxy) is 2. The van der Waals surface area contributed by atoms with E-state index in [1.54, 1.807) is 0 Å². The van der Waals surface area contributed by atoms with Crippen molar-refractivity contribution < 1.29 is 9.47 Å². The van der Waals surface area contributed by atoms with E-state index in [2.05, 4.69) is 10.2 Å². The third kappa shape index (κ3) is 2.04. The van der Waals surface area contributed by atoms with Crippen LogP contribution in [0.5, 0.6) is 0 Å². The van der Waals surface area contributed by atoms with Crippen molar-refractivity contribution in [3.05, 3.63) is 0 Å². The van der Waals surface area contributed by atoms with E-state index in [9.17, 15) is 0 Å². The van der Waals surface area contributed by atoms with Crippen LogP contribution in [0, 0.1) is 0 Å². The summed E-state index contributed by atoms with van der Waals surface area (Å²) in [4.78, 5) is 2.57. The first-order valence-corrected chi connectivity index (χ1v) is 6.11. The predicted octanol–water partition coefficient (Wildman–Crippen LogP) is -0.162. The van der Waals surface area contributed by atoms with E-state index >= 15 is 0 Å². The number of hydrogen-bond acceptors (Lipinski definition) is 4. The van der Waals surface area contributed by atoms with Crippen LogP contribution in [0.2, 0.25) is 0 Å². The summed E-state index contributed by atoms with van der Waals surface area (Å²) >= 11 is 0. The molecule has 3 rings (SSSR count). The number of hydrogen-bond donors (Lipinski definition) is 1. The molecule has 0 aromatic heterocycles. The van der Waals surface area contributed by atoms with Gasteiger partial charge in [-0.05, 0) is 25.9 Å². The molecule has 0 aromatic rings. The fourth-order valence-corrected chi connectivity index (χ4v) is 2.96. The highest BCUT2D eigenvalue weighted by molar-refractivity contribution is 4.92. The molecule has 1 N–H and O–H groups in total. The molecule has 3 aliphatic heterocycles. The van der Waals surface area contributed by atoms with Crippen LogP contribution in [0.3, 0.4) is 0 Å². The minimum Gasteiger partial charge on any atom is -0.372 e. The summed E-state index contributed by atoms with van der Waals surface area (Å²) in [5.41, 5.74) is 0. The molecule has 3 saturated heterocycles. The van der Waals surface area contributed by atoms with Crippen molar-refractivity contribution in [1.82, 2.24) is 10.2 Å². The van der Waals surface area contributed by atoms with Gasteiger partial charge in [0.15, 0.2) is 0 Å². The lowest BCUT2D eigenvalue weighted by molar-refractivity contribution is -0.116. The van der Waals surface area contributed by atoms with Crippen LogP contribution in [0.1, 0.15) is 12.8 Å². The number of fused-ring (bicyclic) bond motifs is 1. The Kier molecular flexibility index (Phi) is 2.92. The minimum absolute atomic E-state index is 0.341. The molecule has 2 atom stereocenters. The van der Waals surface area contributed by atoms with Crippen LogP contribution in [0.15, 0.2) is 0 Å². The summed E-state index contributed by atoms with van der Waals surface area (Å²) in [6.07, 6.45) is 3.24. The summed E-state index contributed by atoms with van der Waals surface area (Å²) in [6, 6.07) is 0.754. The van der Waals surface area contributed by atoms with Crippen molar-refractivity contribution in [2.75, 3.05) is 39.4 Å². The zero-order chi connectivity index (χ0) is 10.1. The number of rotatable bonds is 1. The summed E-state index contributed by atoms with van der Waals surface area (Å²) in [7, 11) is 0. The van der Waals surface area contributed by atoms with E-state index in [1.165, 1.54) is 12.8 Å². The second kappa shape index (κ2) is 4.37. The van der Waals surface area contributed by atoms with Gasteiger partial charge in [0, 0.05) is 19.1 Å². The van der Waals surface area contributed by atoms with Crippen LogP contribution in [0.25, 0.3) is 0 Å².